The van der Waals surface area contributed by atoms with E-state index in [1.807, 2.05) is 13.8 Å². The molecule has 2 atom stereocenters. The number of benzene rings is 2. The van der Waals surface area contributed by atoms with Crippen molar-refractivity contribution >= 4 is 21.6 Å². The molecule has 1 fully saturated rings. The molecule has 3 rings (SSSR count). The summed E-state index contributed by atoms with van der Waals surface area (Å²) in [5.74, 6) is -0.131. The number of ether oxygens (including phenoxy) is 1. The first-order valence-electron chi connectivity index (χ1n) is 8.47. The lowest BCUT2D eigenvalue weighted by molar-refractivity contribution is -0.0387. The van der Waals surface area contributed by atoms with Crippen LogP contribution in [0.25, 0.3) is 0 Å². The molecule has 138 valence electrons. The molecular weight excluding hydrogens is 352 g/mol. The van der Waals surface area contributed by atoms with Gasteiger partial charge in [0.2, 0.25) is 0 Å². The van der Waals surface area contributed by atoms with Crippen molar-refractivity contribution in [1.29, 1.82) is 0 Å². The number of hydrogen-bond acceptors (Lipinski definition) is 4. The Morgan fingerprint density at radius 2 is 1.85 bits per heavy atom. The Balaban J connectivity index is 1.81. The van der Waals surface area contributed by atoms with Gasteiger partial charge in [-0.2, -0.15) is 0 Å². The van der Waals surface area contributed by atoms with Crippen molar-refractivity contribution in [3.8, 4) is 0 Å². The molecule has 7 heteroatoms. The maximum absolute atomic E-state index is 12.8. The second-order valence-corrected chi connectivity index (χ2v) is 8.13. The van der Waals surface area contributed by atoms with Crippen LogP contribution in [0.4, 0.5) is 5.69 Å². The van der Waals surface area contributed by atoms with Crippen LogP contribution in [0.5, 0.6) is 0 Å². The first kappa shape index (κ1) is 18.4. The Morgan fingerprint density at radius 1 is 1.12 bits per heavy atom. The van der Waals surface area contributed by atoms with E-state index in [-0.39, 0.29) is 22.9 Å². The highest BCUT2D eigenvalue weighted by Gasteiger charge is 2.28. The van der Waals surface area contributed by atoms with Crippen molar-refractivity contribution in [3.05, 3.63) is 60.2 Å². The van der Waals surface area contributed by atoms with E-state index in [2.05, 4.69) is 4.72 Å². The third kappa shape index (κ3) is 4.05. The Labute approximate surface area is 153 Å². The highest BCUT2D eigenvalue weighted by Crippen LogP contribution is 2.20. The van der Waals surface area contributed by atoms with Gasteiger partial charge in [0.05, 0.1) is 23.6 Å². The van der Waals surface area contributed by atoms with E-state index in [1.165, 1.54) is 12.1 Å². The van der Waals surface area contributed by atoms with E-state index in [1.54, 1.807) is 47.4 Å². The topological polar surface area (TPSA) is 75.7 Å². The molecule has 2 unspecified atom stereocenters. The van der Waals surface area contributed by atoms with Crippen molar-refractivity contribution in [2.45, 2.75) is 30.9 Å². The summed E-state index contributed by atoms with van der Waals surface area (Å²) in [6.45, 7) is 4.87. The Hall–Kier alpha value is -2.38. The molecule has 6 nitrogen and oxygen atoms in total. The van der Waals surface area contributed by atoms with Crippen LogP contribution < -0.4 is 4.72 Å². The summed E-state index contributed by atoms with van der Waals surface area (Å²) in [4.78, 5) is 14.8. The number of amides is 1. The van der Waals surface area contributed by atoms with E-state index in [0.717, 1.165) is 0 Å². The smallest absolute Gasteiger partial charge is 0.261 e. The summed E-state index contributed by atoms with van der Waals surface area (Å²) in [5, 5.41) is 0. The molecular formula is C19H22N2O4S. The number of nitrogens with zero attached hydrogens (tertiary/aromatic N) is 1. The molecule has 0 aromatic heterocycles. The van der Waals surface area contributed by atoms with Gasteiger partial charge in [-0.15, -0.1) is 0 Å². The van der Waals surface area contributed by atoms with Crippen molar-refractivity contribution in [2.24, 2.45) is 0 Å². The molecule has 1 saturated heterocycles. The van der Waals surface area contributed by atoms with Gasteiger partial charge >= 0.3 is 0 Å². The average Bonchev–Trinajstić information content (AvgIpc) is 2.64. The zero-order valence-electron chi connectivity index (χ0n) is 14.8. The third-order valence-electron chi connectivity index (χ3n) is 4.28. The molecule has 0 spiro atoms. The predicted molar refractivity (Wildman–Crippen MR) is 99.6 cm³/mol. The van der Waals surface area contributed by atoms with E-state index in [9.17, 15) is 13.2 Å². The molecule has 1 heterocycles. The van der Waals surface area contributed by atoms with Gasteiger partial charge in [0.15, 0.2) is 0 Å². The van der Waals surface area contributed by atoms with Gasteiger partial charge in [-0.1, -0.05) is 24.3 Å². The monoisotopic (exact) mass is 374 g/mol. The number of hydrogen-bond donors (Lipinski definition) is 1. The molecule has 0 aliphatic carbocycles. The summed E-state index contributed by atoms with van der Waals surface area (Å²) in [6.07, 6.45) is -0.0186. The molecule has 1 N–H and O–H groups in total. The average molecular weight is 374 g/mol. The van der Waals surface area contributed by atoms with Crippen LogP contribution in [0.3, 0.4) is 0 Å². The number of anilines is 1. The number of morpholine rings is 1. The number of sulfonamides is 1. The van der Waals surface area contributed by atoms with E-state index in [4.69, 9.17) is 4.74 Å². The first-order chi connectivity index (χ1) is 12.4. The van der Waals surface area contributed by atoms with Crippen molar-refractivity contribution in [3.63, 3.8) is 0 Å². The van der Waals surface area contributed by atoms with Crippen molar-refractivity contribution in [1.82, 2.24) is 4.90 Å². The van der Waals surface area contributed by atoms with Gasteiger partial charge in [-0.05, 0) is 44.2 Å². The lowest BCUT2D eigenvalue weighted by Gasteiger charge is -2.36. The van der Waals surface area contributed by atoms with Gasteiger partial charge in [0.1, 0.15) is 0 Å². The Kier molecular flexibility index (Phi) is 5.29. The molecule has 2 aromatic rings. The first-order valence-corrected chi connectivity index (χ1v) is 9.95. The summed E-state index contributed by atoms with van der Waals surface area (Å²) < 4.78 is 33.0. The standard InChI is InChI=1S/C19H22N2O4S/c1-14-13-25-15(2)12-21(14)19(22)16-7-6-8-17(11-16)20-26(23,24)18-9-4-3-5-10-18/h3-11,14-15,20H,12-13H2,1-2H3. The summed E-state index contributed by atoms with van der Waals surface area (Å²) >= 11 is 0. The van der Waals surface area contributed by atoms with Crippen LogP contribution in [0, 0.1) is 0 Å². The van der Waals surface area contributed by atoms with Crippen LogP contribution in [0.15, 0.2) is 59.5 Å². The number of rotatable bonds is 4. The van der Waals surface area contributed by atoms with Crippen LogP contribution >= 0.6 is 0 Å². The fourth-order valence-corrected chi connectivity index (χ4v) is 3.95. The van der Waals surface area contributed by atoms with Gasteiger partial charge in [-0.25, -0.2) is 8.42 Å². The second kappa shape index (κ2) is 7.47. The quantitative estimate of drug-likeness (QED) is 0.893. The largest absolute Gasteiger partial charge is 0.375 e. The van der Waals surface area contributed by atoms with Crippen LogP contribution in [0.1, 0.15) is 24.2 Å². The zero-order valence-corrected chi connectivity index (χ0v) is 15.6. The summed E-state index contributed by atoms with van der Waals surface area (Å²) in [6, 6.07) is 14.7. The Morgan fingerprint density at radius 3 is 2.58 bits per heavy atom. The number of carbonyl (C=O) groups is 1. The fourth-order valence-electron chi connectivity index (χ4n) is 2.88. The van der Waals surface area contributed by atoms with Crippen molar-refractivity contribution in [2.75, 3.05) is 17.9 Å². The normalized spacial score (nSPS) is 20.6. The molecule has 0 radical (unpaired) electrons. The fraction of sp³-hybridized carbons (Fsp3) is 0.316. The molecule has 2 aromatic carbocycles. The molecule has 1 aliphatic heterocycles. The maximum Gasteiger partial charge on any atom is 0.261 e. The van der Waals surface area contributed by atoms with Crippen LogP contribution in [-0.4, -0.2) is 44.5 Å². The second-order valence-electron chi connectivity index (χ2n) is 6.45. The molecule has 0 saturated carbocycles. The molecule has 1 amide bonds. The lowest BCUT2D eigenvalue weighted by Crippen LogP contribution is -2.50. The maximum atomic E-state index is 12.8. The SMILES string of the molecule is CC1CN(C(=O)c2cccc(NS(=O)(=O)c3ccccc3)c2)C(C)CO1. The minimum absolute atomic E-state index is 0.0186. The summed E-state index contributed by atoms with van der Waals surface area (Å²) in [7, 11) is -3.70. The Bertz CT molecular complexity index is 883. The number of nitrogens with one attached hydrogen (secondary N) is 1. The summed E-state index contributed by atoms with van der Waals surface area (Å²) in [5.41, 5.74) is 0.799. The van der Waals surface area contributed by atoms with Crippen LogP contribution in [0.2, 0.25) is 0 Å². The van der Waals surface area contributed by atoms with Crippen molar-refractivity contribution < 1.29 is 17.9 Å². The molecule has 1 aliphatic rings. The highest BCUT2D eigenvalue weighted by molar-refractivity contribution is 7.92. The predicted octanol–water partition coefficient (Wildman–Crippen LogP) is 2.74. The minimum Gasteiger partial charge on any atom is -0.375 e. The minimum atomic E-state index is -3.70. The molecule has 0 bridgehead atoms. The van der Waals surface area contributed by atoms with E-state index >= 15 is 0 Å². The van der Waals surface area contributed by atoms with Gasteiger partial charge in [0, 0.05) is 17.8 Å². The lowest BCUT2D eigenvalue weighted by atomic mass is 10.1. The van der Waals surface area contributed by atoms with Crippen LogP contribution in [-0.2, 0) is 14.8 Å². The van der Waals surface area contributed by atoms with Gasteiger partial charge in [-0.3, -0.25) is 9.52 Å². The zero-order chi connectivity index (χ0) is 18.7. The molecule has 26 heavy (non-hydrogen) atoms. The van der Waals surface area contributed by atoms with Gasteiger partial charge < -0.3 is 9.64 Å². The van der Waals surface area contributed by atoms with Gasteiger partial charge in [0.25, 0.3) is 15.9 Å². The third-order valence-corrected chi connectivity index (χ3v) is 5.68. The van der Waals surface area contributed by atoms with E-state index < -0.39 is 10.0 Å². The highest BCUT2D eigenvalue weighted by atomic mass is 32.2. The number of carbonyl (C=O) groups excluding carboxylic acids is 1. The van der Waals surface area contributed by atoms with E-state index in [0.29, 0.717) is 24.4 Å².